The Balaban J connectivity index is 2.19. The van der Waals surface area contributed by atoms with Gasteiger partial charge in [-0.25, -0.2) is 9.07 Å². The van der Waals surface area contributed by atoms with Crippen molar-refractivity contribution in [2.45, 2.75) is 26.2 Å². The topological polar surface area (TPSA) is 50.2 Å². The maximum atomic E-state index is 13.1. The second-order valence-electron chi connectivity index (χ2n) is 6.40. The fourth-order valence-corrected chi connectivity index (χ4v) is 2.57. The largest absolute Gasteiger partial charge is 0.352 e. The van der Waals surface area contributed by atoms with E-state index in [1.54, 1.807) is 23.0 Å². The minimum atomic E-state index is -0.295. The molecule has 0 aliphatic heterocycles. The van der Waals surface area contributed by atoms with Crippen molar-refractivity contribution in [1.29, 1.82) is 0 Å². The Morgan fingerprint density at radius 2 is 1.96 bits per heavy atom. The van der Waals surface area contributed by atoms with Crippen LogP contribution in [0.4, 0.5) is 4.39 Å². The molecule has 1 aromatic carbocycles. The van der Waals surface area contributed by atoms with Gasteiger partial charge in [-0.05, 0) is 57.2 Å². The Bertz CT molecular complexity index is 677. The van der Waals surface area contributed by atoms with Crippen LogP contribution >= 0.6 is 0 Å². The zero-order valence-electron chi connectivity index (χ0n) is 14.7. The van der Waals surface area contributed by atoms with Crippen molar-refractivity contribution in [3.63, 3.8) is 0 Å². The molecule has 0 atom stereocenters. The quantitative estimate of drug-likeness (QED) is 0.793. The predicted octanol–water partition coefficient (Wildman–Crippen LogP) is 2.82. The molecule has 130 valence electrons. The average molecular weight is 332 g/mol. The Morgan fingerprint density at radius 1 is 1.29 bits per heavy atom. The number of rotatable bonds is 7. The molecule has 0 saturated carbocycles. The molecule has 1 heterocycles. The molecule has 2 aromatic rings. The third-order valence-electron chi connectivity index (χ3n) is 3.74. The number of halogens is 1. The normalized spacial score (nSPS) is 11.3. The number of aromatic nitrogens is 2. The lowest BCUT2D eigenvalue weighted by Gasteiger charge is -2.13. The van der Waals surface area contributed by atoms with Crippen LogP contribution in [0, 0.1) is 5.82 Å². The van der Waals surface area contributed by atoms with Gasteiger partial charge in [-0.2, -0.15) is 5.10 Å². The number of amides is 1. The summed E-state index contributed by atoms with van der Waals surface area (Å²) in [6, 6.07) is 6.10. The molecular weight excluding hydrogens is 307 g/mol. The standard InChI is InChI=1S/C18H25FN4O/c1-13(2)17-16(18(24)20-10-5-11-22(3)4)12-21-23(17)15-8-6-14(19)7-9-15/h6-9,12-13H,5,10-11H2,1-4H3,(H,20,24). The van der Waals surface area contributed by atoms with Gasteiger partial charge >= 0.3 is 0 Å². The zero-order chi connectivity index (χ0) is 17.7. The van der Waals surface area contributed by atoms with E-state index in [0.29, 0.717) is 12.1 Å². The van der Waals surface area contributed by atoms with E-state index >= 15 is 0 Å². The summed E-state index contributed by atoms with van der Waals surface area (Å²) in [5.74, 6) is -0.304. The molecule has 1 amide bonds. The monoisotopic (exact) mass is 332 g/mol. The molecule has 24 heavy (non-hydrogen) atoms. The van der Waals surface area contributed by atoms with Crippen LogP contribution < -0.4 is 5.32 Å². The molecule has 0 aliphatic carbocycles. The van der Waals surface area contributed by atoms with Crippen LogP contribution in [0.2, 0.25) is 0 Å². The average Bonchev–Trinajstić information content (AvgIpc) is 2.97. The van der Waals surface area contributed by atoms with Gasteiger partial charge in [-0.15, -0.1) is 0 Å². The smallest absolute Gasteiger partial charge is 0.254 e. The molecule has 5 nitrogen and oxygen atoms in total. The predicted molar refractivity (Wildman–Crippen MR) is 93.1 cm³/mol. The van der Waals surface area contributed by atoms with Gasteiger partial charge in [-0.3, -0.25) is 4.79 Å². The van der Waals surface area contributed by atoms with Crippen LogP contribution in [0.15, 0.2) is 30.5 Å². The summed E-state index contributed by atoms with van der Waals surface area (Å²) in [6.45, 7) is 5.57. The Labute approximate surface area is 142 Å². The van der Waals surface area contributed by atoms with E-state index in [2.05, 4.69) is 15.3 Å². The molecule has 2 rings (SSSR count). The highest BCUT2D eigenvalue weighted by Gasteiger charge is 2.20. The van der Waals surface area contributed by atoms with Crippen LogP contribution in [0.3, 0.4) is 0 Å². The zero-order valence-corrected chi connectivity index (χ0v) is 14.7. The Hall–Kier alpha value is -2.21. The first-order valence-corrected chi connectivity index (χ1v) is 8.17. The highest BCUT2D eigenvalue weighted by molar-refractivity contribution is 5.95. The van der Waals surface area contributed by atoms with Crippen LogP contribution in [0.25, 0.3) is 5.69 Å². The summed E-state index contributed by atoms with van der Waals surface area (Å²) in [5, 5.41) is 7.28. The van der Waals surface area contributed by atoms with Gasteiger partial charge in [-0.1, -0.05) is 13.8 Å². The third kappa shape index (κ3) is 4.41. The van der Waals surface area contributed by atoms with Crippen molar-refractivity contribution >= 4 is 5.91 Å². The second kappa shape index (κ2) is 8.06. The highest BCUT2D eigenvalue weighted by Crippen LogP contribution is 2.23. The summed E-state index contributed by atoms with van der Waals surface area (Å²) in [5.41, 5.74) is 2.14. The van der Waals surface area contributed by atoms with E-state index < -0.39 is 0 Å². The van der Waals surface area contributed by atoms with E-state index in [9.17, 15) is 9.18 Å². The first-order valence-electron chi connectivity index (χ1n) is 8.17. The molecule has 0 aliphatic rings. The molecule has 1 aromatic heterocycles. The molecule has 0 bridgehead atoms. The highest BCUT2D eigenvalue weighted by atomic mass is 19.1. The van der Waals surface area contributed by atoms with E-state index in [4.69, 9.17) is 0 Å². The molecule has 0 spiro atoms. The number of nitrogens with one attached hydrogen (secondary N) is 1. The SMILES string of the molecule is CC(C)c1c(C(=O)NCCCN(C)C)cnn1-c1ccc(F)cc1. The lowest BCUT2D eigenvalue weighted by atomic mass is 10.0. The first-order chi connectivity index (χ1) is 11.4. The van der Waals surface area contributed by atoms with Crippen LogP contribution in [-0.2, 0) is 0 Å². The number of nitrogens with zero attached hydrogens (tertiary/aromatic N) is 3. The summed E-state index contributed by atoms with van der Waals surface area (Å²) in [6.07, 6.45) is 2.47. The van der Waals surface area contributed by atoms with Crippen molar-refractivity contribution < 1.29 is 9.18 Å². The Kier molecular flexibility index (Phi) is 6.09. The first kappa shape index (κ1) is 18.1. The summed E-state index contributed by atoms with van der Waals surface area (Å²) in [4.78, 5) is 14.6. The van der Waals surface area contributed by atoms with Gasteiger partial charge in [0.05, 0.1) is 23.1 Å². The maximum Gasteiger partial charge on any atom is 0.254 e. The minimum absolute atomic E-state index is 0.111. The van der Waals surface area contributed by atoms with Crippen molar-refractivity contribution in [3.8, 4) is 5.69 Å². The van der Waals surface area contributed by atoms with Crippen molar-refractivity contribution in [3.05, 3.63) is 47.5 Å². The van der Waals surface area contributed by atoms with Crippen LogP contribution in [0.5, 0.6) is 0 Å². The van der Waals surface area contributed by atoms with Crippen molar-refractivity contribution in [2.24, 2.45) is 0 Å². The number of hydrogen-bond acceptors (Lipinski definition) is 3. The fraction of sp³-hybridized carbons (Fsp3) is 0.444. The van der Waals surface area contributed by atoms with Crippen molar-refractivity contribution in [2.75, 3.05) is 27.2 Å². The number of hydrogen-bond donors (Lipinski definition) is 1. The number of benzene rings is 1. The second-order valence-corrected chi connectivity index (χ2v) is 6.40. The number of carbonyl (C=O) groups is 1. The number of carbonyl (C=O) groups excluding carboxylic acids is 1. The molecule has 0 unspecified atom stereocenters. The Morgan fingerprint density at radius 3 is 2.54 bits per heavy atom. The van der Waals surface area contributed by atoms with Gasteiger partial charge in [0, 0.05) is 6.54 Å². The molecular formula is C18H25FN4O. The van der Waals surface area contributed by atoms with Crippen LogP contribution in [0.1, 0.15) is 42.2 Å². The molecule has 0 fully saturated rings. The van der Waals surface area contributed by atoms with E-state index in [-0.39, 0.29) is 17.6 Å². The summed E-state index contributed by atoms with van der Waals surface area (Å²) in [7, 11) is 4.01. The lowest BCUT2D eigenvalue weighted by Crippen LogP contribution is -2.28. The third-order valence-corrected chi connectivity index (χ3v) is 3.74. The molecule has 0 saturated heterocycles. The molecule has 0 radical (unpaired) electrons. The van der Waals surface area contributed by atoms with E-state index in [0.717, 1.165) is 24.3 Å². The minimum Gasteiger partial charge on any atom is -0.352 e. The molecule has 6 heteroatoms. The molecule has 1 N–H and O–H groups in total. The van der Waals surface area contributed by atoms with Gasteiger partial charge < -0.3 is 10.2 Å². The van der Waals surface area contributed by atoms with Gasteiger partial charge in [0.25, 0.3) is 5.91 Å². The van der Waals surface area contributed by atoms with E-state index in [1.165, 1.54) is 12.1 Å². The lowest BCUT2D eigenvalue weighted by molar-refractivity contribution is 0.0951. The van der Waals surface area contributed by atoms with Gasteiger partial charge in [0.15, 0.2) is 0 Å². The summed E-state index contributed by atoms with van der Waals surface area (Å²) >= 11 is 0. The van der Waals surface area contributed by atoms with E-state index in [1.807, 2.05) is 27.9 Å². The van der Waals surface area contributed by atoms with Crippen LogP contribution in [-0.4, -0.2) is 47.8 Å². The fourth-order valence-electron chi connectivity index (χ4n) is 2.57. The maximum absolute atomic E-state index is 13.1. The summed E-state index contributed by atoms with van der Waals surface area (Å²) < 4.78 is 14.8. The van der Waals surface area contributed by atoms with Crippen molar-refractivity contribution in [1.82, 2.24) is 20.0 Å². The van der Waals surface area contributed by atoms with Gasteiger partial charge in [0.2, 0.25) is 0 Å². The van der Waals surface area contributed by atoms with Gasteiger partial charge in [0.1, 0.15) is 5.82 Å².